The van der Waals surface area contributed by atoms with E-state index in [1.807, 2.05) is 36.6 Å². The van der Waals surface area contributed by atoms with Gasteiger partial charge in [0.2, 0.25) is 5.91 Å². The first-order valence-corrected chi connectivity index (χ1v) is 9.90. The van der Waals surface area contributed by atoms with Crippen LogP contribution < -0.4 is 10.6 Å². The molecule has 138 valence electrons. The van der Waals surface area contributed by atoms with Gasteiger partial charge in [0.1, 0.15) is 0 Å². The number of nitrogens with one attached hydrogen (secondary N) is 2. The van der Waals surface area contributed by atoms with E-state index in [-0.39, 0.29) is 17.9 Å². The third-order valence-corrected chi connectivity index (χ3v) is 5.77. The van der Waals surface area contributed by atoms with E-state index in [0.717, 1.165) is 36.4 Å². The van der Waals surface area contributed by atoms with Crippen LogP contribution in [0.2, 0.25) is 5.02 Å². The summed E-state index contributed by atoms with van der Waals surface area (Å²) in [4.78, 5) is 27.2. The zero-order chi connectivity index (χ0) is 18.5. The van der Waals surface area contributed by atoms with E-state index in [0.29, 0.717) is 17.3 Å². The highest BCUT2D eigenvalue weighted by molar-refractivity contribution is 7.12. The van der Waals surface area contributed by atoms with Crippen LogP contribution in [0.4, 0.5) is 5.69 Å². The topological polar surface area (TPSA) is 61.4 Å². The molecule has 0 saturated carbocycles. The predicted octanol–water partition coefficient (Wildman–Crippen LogP) is 3.54. The van der Waals surface area contributed by atoms with Gasteiger partial charge in [-0.25, -0.2) is 0 Å². The number of likely N-dealkylation sites (tertiary alicyclic amines) is 1. The Hall–Kier alpha value is -1.89. The fourth-order valence-electron chi connectivity index (χ4n) is 2.97. The number of rotatable bonds is 5. The van der Waals surface area contributed by atoms with Crippen molar-refractivity contribution in [1.82, 2.24) is 10.2 Å². The zero-order valence-corrected chi connectivity index (χ0v) is 16.2. The van der Waals surface area contributed by atoms with Gasteiger partial charge in [-0.2, -0.15) is 0 Å². The highest BCUT2D eigenvalue weighted by atomic mass is 35.5. The van der Waals surface area contributed by atoms with Crippen LogP contribution in [0, 0.1) is 6.92 Å². The third-order valence-electron chi connectivity index (χ3n) is 4.49. The Kier molecular flexibility index (Phi) is 6.29. The van der Waals surface area contributed by atoms with Crippen LogP contribution in [0.15, 0.2) is 35.7 Å². The smallest absolute Gasteiger partial charge is 0.261 e. The van der Waals surface area contributed by atoms with Crippen LogP contribution in [0.5, 0.6) is 0 Å². The van der Waals surface area contributed by atoms with Crippen LogP contribution in [0.3, 0.4) is 0 Å². The average Bonchev–Trinajstić information content (AvgIpc) is 3.15. The van der Waals surface area contributed by atoms with E-state index in [1.54, 1.807) is 6.07 Å². The van der Waals surface area contributed by atoms with Crippen LogP contribution >= 0.6 is 22.9 Å². The number of benzene rings is 1. The van der Waals surface area contributed by atoms with Gasteiger partial charge in [0, 0.05) is 29.8 Å². The largest absolute Gasteiger partial charge is 0.349 e. The summed E-state index contributed by atoms with van der Waals surface area (Å²) in [5.74, 6) is -0.0570. The van der Waals surface area contributed by atoms with E-state index >= 15 is 0 Å². The fraction of sp³-hybridized carbons (Fsp3) is 0.368. The summed E-state index contributed by atoms with van der Waals surface area (Å²) in [6, 6.07) is 9.38. The average molecular weight is 392 g/mol. The van der Waals surface area contributed by atoms with Gasteiger partial charge in [-0.1, -0.05) is 23.7 Å². The van der Waals surface area contributed by atoms with Crippen molar-refractivity contribution >= 4 is 40.4 Å². The summed E-state index contributed by atoms with van der Waals surface area (Å²) in [7, 11) is 0. The summed E-state index contributed by atoms with van der Waals surface area (Å²) < 4.78 is 0. The molecule has 0 unspecified atom stereocenters. The lowest BCUT2D eigenvalue weighted by atomic mass is 10.0. The van der Waals surface area contributed by atoms with E-state index in [9.17, 15) is 9.59 Å². The quantitative estimate of drug-likeness (QED) is 0.819. The molecule has 2 heterocycles. The molecular weight excluding hydrogens is 370 g/mol. The molecule has 2 N–H and O–H groups in total. The molecule has 0 atom stereocenters. The highest BCUT2D eigenvalue weighted by Crippen LogP contribution is 2.20. The lowest BCUT2D eigenvalue weighted by Gasteiger charge is -2.31. The summed E-state index contributed by atoms with van der Waals surface area (Å²) in [5.41, 5.74) is 1.69. The minimum Gasteiger partial charge on any atom is -0.349 e. The minimum atomic E-state index is -0.0500. The van der Waals surface area contributed by atoms with E-state index in [4.69, 9.17) is 11.6 Å². The van der Waals surface area contributed by atoms with Crippen molar-refractivity contribution in [2.45, 2.75) is 25.8 Å². The molecule has 1 fully saturated rings. The van der Waals surface area contributed by atoms with Gasteiger partial charge in [-0.05, 0) is 48.9 Å². The maximum absolute atomic E-state index is 12.2. The van der Waals surface area contributed by atoms with Gasteiger partial charge in [0.25, 0.3) is 5.91 Å². The first-order valence-electron chi connectivity index (χ1n) is 8.64. The van der Waals surface area contributed by atoms with Gasteiger partial charge in [0.15, 0.2) is 0 Å². The van der Waals surface area contributed by atoms with Crippen LogP contribution in [-0.2, 0) is 4.79 Å². The Bertz CT molecular complexity index is 771. The number of carbonyl (C=O) groups is 2. The van der Waals surface area contributed by atoms with Crippen molar-refractivity contribution in [3.63, 3.8) is 0 Å². The number of hydrogen-bond donors (Lipinski definition) is 2. The Morgan fingerprint density at radius 1 is 1.27 bits per heavy atom. The Balaban J connectivity index is 1.42. The van der Waals surface area contributed by atoms with Gasteiger partial charge < -0.3 is 10.6 Å². The monoisotopic (exact) mass is 391 g/mol. The van der Waals surface area contributed by atoms with Crippen molar-refractivity contribution in [3.05, 3.63) is 51.2 Å². The third kappa shape index (κ3) is 5.06. The number of amides is 2. The number of nitrogens with zero attached hydrogens (tertiary/aromatic N) is 1. The summed E-state index contributed by atoms with van der Waals surface area (Å²) >= 11 is 7.53. The second kappa shape index (κ2) is 8.66. The first-order chi connectivity index (χ1) is 12.5. The molecular formula is C19H22ClN3O2S. The van der Waals surface area contributed by atoms with Crippen LogP contribution in [-0.4, -0.2) is 42.4 Å². The van der Waals surface area contributed by atoms with Crippen LogP contribution in [0.25, 0.3) is 0 Å². The molecule has 0 aliphatic carbocycles. The van der Waals surface area contributed by atoms with Crippen molar-refractivity contribution in [1.29, 1.82) is 0 Å². The van der Waals surface area contributed by atoms with Crippen LogP contribution in [0.1, 0.15) is 28.1 Å². The number of halogens is 1. The Labute approximate surface area is 162 Å². The number of piperidine rings is 1. The molecule has 0 radical (unpaired) electrons. The van der Waals surface area contributed by atoms with Gasteiger partial charge in [0.05, 0.1) is 11.4 Å². The number of hydrogen-bond acceptors (Lipinski definition) is 4. The lowest BCUT2D eigenvalue weighted by molar-refractivity contribution is -0.117. The highest BCUT2D eigenvalue weighted by Gasteiger charge is 2.22. The second-order valence-electron chi connectivity index (χ2n) is 6.51. The lowest BCUT2D eigenvalue weighted by Crippen LogP contribution is -2.46. The van der Waals surface area contributed by atoms with Gasteiger partial charge in [-0.15, -0.1) is 11.3 Å². The minimum absolute atomic E-state index is 0.00700. The van der Waals surface area contributed by atoms with E-state index < -0.39 is 0 Å². The van der Waals surface area contributed by atoms with Crippen molar-refractivity contribution in [2.75, 3.05) is 25.0 Å². The molecule has 1 aromatic heterocycles. The summed E-state index contributed by atoms with van der Waals surface area (Å²) in [5, 5.41) is 8.51. The number of aryl methyl sites for hydroxylation is 1. The van der Waals surface area contributed by atoms with Gasteiger partial charge in [-0.3, -0.25) is 14.5 Å². The maximum Gasteiger partial charge on any atom is 0.261 e. The Morgan fingerprint density at radius 2 is 2.04 bits per heavy atom. The van der Waals surface area contributed by atoms with E-state index in [2.05, 4.69) is 15.5 Å². The van der Waals surface area contributed by atoms with E-state index in [1.165, 1.54) is 11.3 Å². The molecule has 2 aromatic rings. The number of carbonyl (C=O) groups excluding carboxylic acids is 2. The molecule has 5 nitrogen and oxygen atoms in total. The molecule has 1 aliphatic rings. The SMILES string of the molecule is Cc1ccc(NC(=O)CN2CCC(NC(=O)c3cccs3)CC2)cc1Cl. The molecule has 2 amide bonds. The standard InChI is InChI=1S/C19H22ClN3O2S/c1-13-4-5-15(11-16(13)20)21-18(24)12-23-8-6-14(7-9-23)22-19(25)17-3-2-10-26-17/h2-5,10-11,14H,6-9,12H2,1H3,(H,21,24)(H,22,25). The second-order valence-corrected chi connectivity index (χ2v) is 7.87. The predicted molar refractivity (Wildman–Crippen MR) is 106 cm³/mol. The molecule has 1 aromatic carbocycles. The van der Waals surface area contributed by atoms with Crippen molar-refractivity contribution in [2.24, 2.45) is 0 Å². The normalized spacial score (nSPS) is 15.6. The molecule has 7 heteroatoms. The van der Waals surface area contributed by atoms with Crippen molar-refractivity contribution < 1.29 is 9.59 Å². The summed E-state index contributed by atoms with van der Waals surface area (Å²) in [6.07, 6.45) is 1.70. The van der Waals surface area contributed by atoms with Gasteiger partial charge >= 0.3 is 0 Å². The zero-order valence-electron chi connectivity index (χ0n) is 14.6. The summed E-state index contributed by atoms with van der Waals surface area (Å²) in [6.45, 7) is 3.85. The number of anilines is 1. The number of thiophene rings is 1. The molecule has 1 aliphatic heterocycles. The maximum atomic E-state index is 12.2. The molecule has 3 rings (SSSR count). The molecule has 26 heavy (non-hydrogen) atoms. The molecule has 0 bridgehead atoms. The Morgan fingerprint density at radius 3 is 2.69 bits per heavy atom. The van der Waals surface area contributed by atoms with Crippen molar-refractivity contribution in [3.8, 4) is 0 Å². The molecule has 1 saturated heterocycles. The first kappa shape index (κ1) is 18.9. The molecule has 0 spiro atoms. The fourth-order valence-corrected chi connectivity index (χ4v) is 3.78.